The van der Waals surface area contributed by atoms with Gasteiger partial charge in [-0.15, -0.1) is 0 Å². The number of carboxylic acids is 1. The topological polar surface area (TPSA) is 98.2 Å². The van der Waals surface area contributed by atoms with Gasteiger partial charge in [-0.05, 0) is 56.7 Å². The molecule has 0 fully saturated rings. The smallest absolute Gasteiger partial charge is 0.304 e. The number of carboxylic acid groups (broad SMARTS) is 1. The highest BCUT2D eigenvalue weighted by Crippen LogP contribution is 2.45. The largest absolute Gasteiger partial charge is 0.481 e. The summed E-state index contributed by atoms with van der Waals surface area (Å²) in [6, 6.07) is 24.6. The van der Waals surface area contributed by atoms with Crippen molar-refractivity contribution in [1.29, 1.82) is 0 Å². The number of rotatable bonds is 8. The zero-order valence-electron chi connectivity index (χ0n) is 21.7. The third-order valence-corrected chi connectivity index (χ3v) is 6.86. The molecule has 0 bridgehead atoms. The summed E-state index contributed by atoms with van der Waals surface area (Å²) in [4.78, 5) is 58.6. The van der Waals surface area contributed by atoms with Gasteiger partial charge in [0.25, 0.3) is 0 Å². The number of benzene rings is 3. The molecular formula is C30H31N3O5. The molecule has 0 aromatic heterocycles. The molecule has 1 heterocycles. The average Bonchev–Trinajstić information content (AvgIpc) is 2.97. The molecule has 8 nitrogen and oxygen atoms in total. The number of hydrogen-bond acceptors (Lipinski definition) is 4. The quantitative estimate of drug-likeness (QED) is 0.427. The molecule has 1 atom stereocenters. The molecule has 3 aromatic rings. The summed E-state index contributed by atoms with van der Waals surface area (Å²) in [5, 5.41) is 9.82. The number of carbonyl (C=O) groups excluding carboxylic acids is 3. The minimum atomic E-state index is -1.91. The number of anilines is 4. The van der Waals surface area contributed by atoms with Gasteiger partial charge in [0, 0.05) is 17.4 Å². The molecule has 0 radical (unpaired) electrons. The first-order valence-electron chi connectivity index (χ1n) is 12.6. The zero-order valence-corrected chi connectivity index (χ0v) is 21.7. The third kappa shape index (κ3) is 4.77. The van der Waals surface area contributed by atoms with Crippen molar-refractivity contribution in [2.75, 3.05) is 21.2 Å². The van der Waals surface area contributed by atoms with Crippen molar-refractivity contribution >= 4 is 46.4 Å². The standard InChI is InChI=1S/C30H31N3O5/c1-4-30(19-27(35)36)28(37)31(20-26(34)32(21(2)3)22-13-7-5-8-14-22)24-17-11-12-18-25(24)33(29(30)38)23-15-9-6-10-16-23/h5-18,21H,4,19-20H2,1-3H3,(H,35,36). The van der Waals surface area contributed by atoms with Crippen LogP contribution in [-0.4, -0.2) is 41.4 Å². The van der Waals surface area contributed by atoms with E-state index in [0.29, 0.717) is 22.7 Å². The van der Waals surface area contributed by atoms with E-state index in [4.69, 9.17) is 0 Å². The van der Waals surface area contributed by atoms with Crippen LogP contribution in [0.4, 0.5) is 22.7 Å². The van der Waals surface area contributed by atoms with Crippen molar-refractivity contribution in [2.24, 2.45) is 5.41 Å². The predicted octanol–water partition coefficient (Wildman–Crippen LogP) is 5.01. The maximum atomic E-state index is 14.3. The number of carbonyl (C=O) groups is 4. The Morgan fingerprint density at radius 2 is 1.39 bits per heavy atom. The van der Waals surface area contributed by atoms with E-state index in [0.717, 1.165) is 0 Å². The molecule has 1 unspecified atom stereocenters. The molecule has 0 saturated heterocycles. The second kappa shape index (κ2) is 10.9. The molecule has 196 valence electrons. The molecule has 3 amide bonds. The zero-order chi connectivity index (χ0) is 27.4. The molecular weight excluding hydrogens is 482 g/mol. The molecule has 1 N–H and O–H groups in total. The van der Waals surface area contributed by atoms with Gasteiger partial charge < -0.3 is 10.0 Å². The lowest BCUT2D eigenvalue weighted by atomic mass is 9.78. The Morgan fingerprint density at radius 3 is 1.95 bits per heavy atom. The molecule has 0 aliphatic carbocycles. The Bertz CT molecular complexity index is 1340. The summed E-state index contributed by atoms with van der Waals surface area (Å²) in [6.45, 7) is 5.03. The molecule has 1 aliphatic rings. The van der Waals surface area contributed by atoms with Crippen molar-refractivity contribution in [3.8, 4) is 0 Å². The number of fused-ring (bicyclic) bond motifs is 1. The van der Waals surface area contributed by atoms with Crippen LogP contribution in [0.5, 0.6) is 0 Å². The Hall–Kier alpha value is -4.46. The normalized spacial score (nSPS) is 17.3. The SMILES string of the molecule is CCC1(CC(=O)O)C(=O)N(CC(=O)N(c2ccccc2)C(C)C)c2ccccc2N(c2ccccc2)C1=O. The number of aliphatic carboxylic acids is 1. The van der Waals surface area contributed by atoms with E-state index >= 15 is 0 Å². The van der Waals surface area contributed by atoms with E-state index in [9.17, 15) is 24.3 Å². The minimum absolute atomic E-state index is 0.0500. The van der Waals surface area contributed by atoms with Crippen molar-refractivity contribution < 1.29 is 24.3 Å². The molecule has 0 saturated carbocycles. The predicted molar refractivity (Wildman–Crippen MR) is 146 cm³/mol. The summed E-state index contributed by atoms with van der Waals surface area (Å²) in [5.41, 5.74) is 0.0394. The summed E-state index contributed by atoms with van der Waals surface area (Å²) < 4.78 is 0. The highest BCUT2D eigenvalue weighted by atomic mass is 16.4. The third-order valence-electron chi connectivity index (χ3n) is 6.86. The second-order valence-corrected chi connectivity index (χ2v) is 9.56. The fraction of sp³-hybridized carbons (Fsp3) is 0.267. The van der Waals surface area contributed by atoms with Crippen LogP contribution < -0.4 is 14.7 Å². The average molecular weight is 514 g/mol. The van der Waals surface area contributed by atoms with Gasteiger partial charge in [0.05, 0.1) is 17.8 Å². The highest BCUT2D eigenvalue weighted by molar-refractivity contribution is 6.25. The van der Waals surface area contributed by atoms with Crippen LogP contribution in [0, 0.1) is 5.41 Å². The lowest BCUT2D eigenvalue weighted by Crippen LogP contribution is -2.54. The summed E-state index contributed by atoms with van der Waals surface area (Å²) in [5.74, 6) is -2.96. The molecule has 4 rings (SSSR count). The number of nitrogens with zero attached hydrogens (tertiary/aromatic N) is 3. The lowest BCUT2D eigenvalue weighted by Gasteiger charge is -2.34. The van der Waals surface area contributed by atoms with Gasteiger partial charge in [0.1, 0.15) is 12.0 Å². The Balaban J connectivity index is 1.90. The molecule has 8 heteroatoms. The number of amides is 3. The van der Waals surface area contributed by atoms with Crippen LogP contribution in [-0.2, 0) is 19.2 Å². The Morgan fingerprint density at radius 1 is 0.842 bits per heavy atom. The summed E-state index contributed by atoms with van der Waals surface area (Å²) in [7, 11) is 0. The van der Waals surface area contributed by atoms with Crippen LogP contribution in [0.1, 0.15) is 33.6 Å². The van der Waals surface area contributed by atoms with E-state index in [2.05, 4.69) is 0 Å². The van der Waals surface area contributed by atoms with Gasteiger partial charge in [-0.3, -0.25) is 29.0 Å². The first-order valence-corrected chi connectivity index (χ1v) is 12.6. The van der Waals surface area contributed by atoms with Gasteiger partial charge in [0.2, 0.25) is 17.7 Å². The van der Waals surface area contributed by atoms with Gasteiger partial charge in [-0.25, -0.2) is 0 Å². The Kier molecular flexibility index (Phi) is 7.62. The van der Waals surface area contributed by atoms with Crippen molar-refractivity contribution in [2.45, 2.75) is 39.7 Å². The van der Waals surface area contributed by atoms with E-state index in [-0.39, 0.29) is 24.9 Å². The monoisotopic (exact) mass is 513 g/mol. The number of hydrogen-bond donors (Lipinski definition) is 1. The van der Waals surface area contributed by atoms with E-state index < -0.39 is 29.6 Å². The molecule has 38 heavy (non-hydrogen) atoms. The van der Waals surface area contributed by atoms with Crippen molar-refractivity contribution in [1.82, 2.24) is 0 Å². The van der Waals surface area contributed by atoms with E-state index in [1.54, 1.807) is 60.4 Å². The van der Waals surface area contributed by atoms with Gasteiger partial charge in [-0.2, -0.15) is 0 Å². The lowest BCUT2D eigenvalue weighted by molar-refractivity contribution is -0.150. The first-order chi connectivity index (χ1) is 18.2. The van der Waals surface area contributed by atoms with Crippen LogP contribution in [0.3, 0.4) is 0 Å². The number of para-hydroxylation sites is 4. The van der Waals surface area contributed by atoms with Crippen LogP contribution in [0.15, 0.2) is 84.9 Å². The van der Waals surface area contributed by atoms with E-state index in [1.807, 2.05) is 50.2 Å². The fourth-order valence-electron chi connectivity index (χ4n) is 5.02. The first kappa shape index (κ1) is 26.6. The fourth-order valence-corrected chi connectivity index (χ4v) is 5.02. The molecule has 1 aliphatic heterocycles. The maximum Gasteiger partial charge on any atom is 0.304 e. The van der Waals surface area contributed by atoms with Crippen LogP contribution in [0.25, 0.3) is 0 Å². The van der Waals surface area contributed by atoms with Crippen LogP contribution >= 0.6 is 0 Å². The van der Waals surface area contributed by atoms with Crippen molar-refractivity contribution in [3.05, 3.63) is 84.9 Å². The second-order valence-electron chi connectivity index (χ2n) is 9.56. The van der Waals surface area contributed by atoms with Gasteiger partial charge >= 0.3 is 5.97 Å². The molecule has 0 spiro atoms. The summed E-state index contributed by atoms with van der Waals surface area (Å²) >= 11 is 0. The minimum Gasteiger partial charge on any atom is -0.481 e. The molecule has 3 aromatic carbocycles. The Labute approximate surface area is 222 Å². The summed E-state index contributed by atoms with van der Waals surface area (Å²) in [6.07, 6.45) is -0.749. The van der Waals surface area contributed by atoms with Crippen molar-refractivity contribution in [3.63, 3.8) is 0 Å². The van der Waals surface area contributed by atoms with E-state index in [1.165, 1.54) is 9.80 Å². The van der Waals surface area contributed by atoms with Gasteiger partial charge in [0.15, 0.2) is 0 Å². The van der Waals surface area contributed by atoms with Gasteiger partial charge in [-0.1, -0.05) is 55.5 Å². The highest BCUT2D eigenvalue weighted by Gasteiger charge is 2.54. The van der Waals surface area contributed by atoms with Crippen LogP contribution in [0.2, 0.25) is 0 Å². The maximum absolute atomic E-state index is 14.3.